The van der Waals surface area contributed by atoms with Crippen molar-refractivity contribution in [2.45, 2.75) is 33.4 Å². The molecule has 0 spiro atoms. The second kappa shape index (κ2) is 13.8. The average molecular weight is 446 g/mol. The summed E-state index contributed by atoms with van der Waals surface area (Å²) < 4.78 is 10.8. The number of rotatable bonds is 11. The number of methoxy groups -OCH3 is 1. The lowest BCUT2D eigenvalue weighted by molar-refractivity contribution is 0.0536. The largest absolute Gasteiger partial charge is 0.382 e. The lowest BCUT2D eigenvalue weighted by Gasteiger charge is -2.34. The Balaban J connectivity index is 1.56. The van der Waals surface area contributed by atoms with Gasteiger partial charge in [0.25, 0.3) is 0 Å². The van der Waals surface area contributed by atoms with Crippen molar-refractivity contribution in [2.24, 2.45) is 10.9 Å². The number of likely N-dealkylation sites (N-methyl/N-ethyl adjacent to an activating group) is 1. The number of nitrogens with zero attached hydrogens (tertiary/aromatic N) is 4. The molecule has 1 aromatic carbocycles. The van der Waals surface area contributed by atoms with Crippen LogP contribution in [0.2, 0.25) is 0 Å². The van der Waals surface area contributed by atoms with Gasteiger partial charge in [0.1, 0.15) is 0 Å². The Morgan fingerprint density at radius 2 is 1.78 bits per heavy atom. The van der Waals surface area contributed by atoms with Crippen LogP contribution in [0.25, 0.3) is 0 Å². The molecule has 0 aliphatic carbocycles. The maximum Gasteiger partial charge on any atom is 0.194 e. The van der Waals surface area contributed by atoms with E-state index >= 15 is 0 Å². The van der Waals surface area contributed by atoms with Crippen molar-refractivity contribution in [1.29, 1.82) is 0 Å². The van der Waals surface area contributed by atoms with Crippen LogP contribution >= 0.6 is 0 Å². The molecule has 3 rings (SSSR count). The first kappa shape index (κ1) is 25.0. The summed E-state index contributed by atoms with van der Waals surface area (Å²) in [5.41, 5.74) is 2.74. The smallest absolute Gasteiger partial charge is 0.194 e. The number of nitrogens with one attached hydrogen (secondary N) is 1. The molecule has 2 aliphatic heterocycles. The van der Waals surface area contributed by atoms with Gasteiger partial charge in [-0.3, -0.25) is 4.90 Å². The van der Waals surface area contributed by atoms with Crippen LogP contribution in [-0.4, -0.2) is 99.9 Å². The Kier molecular flexibility index (Phi) is 10.8. The van der Waals surface area contributed by atoms with Crippen LogP contribution < -0.4 is 5.32 Å². The normalized spacial score (nSPS) is 20.8. The minimum absolute atomic E-state index is 0.560. The average Bonchev–Trinajstić information content (AvgIpc) is 3.30. The zero-order chi connectivity index (χ0) is 22.6. The van der Waals surface area contributed by atoms with Crippen molar-refractivity contribution in [3.8, 4) is 0 Å². The Bertz CT molecular complexity index is 691. The first-order chi connectivity index (χ1) is 15.7. The van der Waals surface area contributed by atoms with E-state index in [0.29, 0.717) is 19.1 Å². The van der Waals surface area contributed by atoms with Crippen molar-refractivity contribution in [2.75, 3.05) is 79.3 Å². The molecule has 7 nitrogen and oxygen atoms in total. The highest BCUT2D eigenvalue weighted by atomic mass is 16.5. The fourth-order valence-electron chi connectivity index (χ4n) is 4.51. The quantitative estimate of drug-likeness (QED) is 0.320. The first-order valence-electron chi connectivity index (χ1n) is 12.3. The van der Waals surface area contributed by atoms with E-state index in [1.807, 2.05) is 0 Å². The minimum atomic E-state index is 0.560. The Labute approximate surface area is 194 Å². The van der Waals surface area contributed by atoms with Gasteiger partial charge in [-0.05, 0) is 31.0 Å². The number of guanidine groups is 1. The molecule has 2 fully saturated rings. The molecule has 0 saturated carbocycles. The molecule has 2 saturated heterocycles. The molecule has 0 radical (unpaired) electrons. The number of benzene rings is 1. The number of hydrogen-bond acceptors (Lipinski definition) is 5. The molecule has 1 aromatic rings. The van der Waals surface area contributed by atoms with E-state index in [0.717, 1.165) is 71.3 Å². The number of likely N-dealkylation sites (tertiary alicyclic amines) is 1. The van der Waals surface area contributed by atoms with E-state index in [2.05, 4.69) is 58.1 Å². The minimum Gasteiger partial charge on any atom is -0.382 e. The fourth-order valence-corrected chi connectivity index (χ4v) is 4.51. The maximum absolute atomic E-state index is 5.76. The van der Waals surface area contributed by atoms with E-state index in [1.54, 1.807) is 7.11 Å². The van der Waals surface area contributed by atoms with Crippen LogP contribution in [-0.2, 0) is 22.6 Å². The highest BCUT2D eigenvalue weighted by Gasteiger charge is 2.25. The summed E-state index contributed by atoms with van der Waals surface area (Å²) in [6.45, 7) is 17.0. The maximum atomic E-state index is 5.76. The summed E-state index contributed by atoms with van der Waals surface area (Å²) in [6, 6.07) is 8.80. The molecule has 2 aliphatic rings. The standard InChI is InChI=1S/C25H43N5O2/c1-4-26-25(30-11-10-22(19-30)21-32-17-16-31-3)27-18-23-8-6-7-9-24(23)20-29-14-12-28(5-2)13-15-29/h6-9,22H,4-5,10-21H2,1-3H3,(H,26,27). The van der Waals surface area contributed by atoms with E-state index in [1.165, 1.54) is 24.2 Å². The van der Waals surface area contributed by atoms with Crippen molar-refractivity contribution < 1.29 is 9.47 Å². The lowest BCUT2D eigenvalue weighted by atomic mass is 10.1. The zero-order valence-corrected chi connectivity index (χ0v) is 20.4. The van der Waals surface area contributed by atoms with Crippen LogP contribution in [0.1, 0.15) is 31.4 Å². The van der Waals surface area contributed by atoms with Crippen LogP contribution in [0.5, 0.6) is 0 Å². The van der Waals surface area contributed by atoms with Gasteiger partial charge in [-0.15, -0.1) is 0 Å². The van der Waals surface area contributed by atoms with Gasteiger partial charge in [-0.25, -0.2) is 4.99 Å². The summed E-state index contributed by atoms with van der Waals surface area (Å²) >= 11 is 0. The molecule has 1 N–H and O–H groups in total. The molecule has 7 heteroatoms. The van der Waals surface area contributed by atoms with Gasteiger partial charge in [0.05, 0.1) is 26.4 Å². The molecule has 32 heavy (non-hydrogen) atoms. The van der Waals surface area contributed by atoms with E-state index in [9.17, 15) is 0 Å². The predicted octanol–water partition coefficient (Wildman–Crippen LogP) is 2.27. The van der Waals surface area contributed by atoms with E-state index in [-0.39, 0.29) is 0 Å². The van der Waals surface area contributed by atoms with E-state index < -0.39 is 0 Å². The Hall–Kier alpha value is -1.67. The van der Waals surface area contributed by atoms with Gasteiger partial charge in [0, 0.05) is 65.4 Å². The van der Waals surface area contributed by atoms with E-state index in [4.69, 9.17) is 14.5 Å². The number of hydrogen-bond donors (Lipinski definition) is 1. The third-order valence-electron chi connectivity index (χ3n) is 6.53. The first-order valence-corrected chi connectivity index (χ1v) is 12.3. The highest BCUT2D eigenvalue weighted by molar-refractivity contribution is 5.80. The van der Waals surface area contributed by atoms with Gasteiger partial charge in [0.2, 0.25) is 0 Å². The Morgan fingerprint density at radius 1 is 1.03 bits per heavy atom. The molecule has 0 amide bonds. The number of piperazine rings is 1. The molecule has 2 heterocycles. The van der Waals surface area contributed by atoms with Crippen LogP contribution in [0, 0.1) is 5.92 Å². The lowest BCUT2D eigenvalue weighted by Crippen LogP contribution is -2.45. The van der Waals surface area contributed by atoms with Crippen molar-refractivity contribution in [3.05, 3.63) is 35.4 Å². The number of aliphatic imine (C=N–C) groups is 1. The second-order valence-electron chi connectivity index (χ2n) is 8.82. The predicted molar refractivity (Wildman–Crippen MR) is 131 cm³/mol. The van der Waals surface area contributed by atoms with Crippen LogP contribution in [0.3, 0.4) is 0 Å². The summed E-state index contributed by atoms with van der Waals surface area (Å²) in [6.07, 6.45) is 1.15. The van der Waals surface area contributed by atoms with Crippen LogP contribution in [0.15, 0.2) is 29.3 Å². The number of ether oxygens (including phenoxy) is 2. The third kappa shape index (κ3) is 7.73. The molecule has 1 atom stereocenters. The van der Waals surface area contributed by atoms with Gasteiger partial charge < -0.3 is 24.6 Å². The molecule has 0 bridgehead atoms. The van der Waals surface area contributed by atoms with Crippen molar-refractivity contribution in [1.82, 2.24) is 20.0 Å². The zero-order valence-electron chi connectivity index (χ0n) is 20.4. The summed E-state index contributed by atoms with van der Waals surface area (Å²) in [5, 5.41) is 3.50. The molecule has 1 unspecified atom stereocenters. The van der Waals surface area contributed by atoms with Gasteiger partial charge >= 0.3 is 0 Å². The molecular weight excluding hydrogens is 402 g/mol. The molecule has 180 valence electrons. The molecule has 0 aromatic heterocycles. The topological polar surface area (TPSA) is 52.6 Å². The second-order valence-corrected chi connectivity index (χ2v) is 8.82. The monoisotopic (exact) mass is 445 g/mol. The Morgan fingerprint density at radius 3 is 2.50 bits per heavy atom. The van der Waals surface area contributed by atoms with Crippen LogP contribution in [0.4, 0.5) is 0 Å². The SMILES string of the molecule is CCNC(=NCc1ccccc1CN1CCN(CC)CC1)N1CCC(COCCOC)C1. The van der Waals surface area contributed by atoms with Crippen molar-refractivity contribution in [3.63, 3.8) is 0 Å². The van der Waals surface area contributed by atoms with Gasteiger partial charge in [-0.1, -0.05) is 31.2 Å². The fraction of sp³-hybridized carbons (Fsp3) is 0.720. The summed E-state index contributed by atoms with van der Waals surface area (Å²) in [4.78, 5) is 12.5. The highest BCUT2D eigenvalue weighted by Crippen LogP contribution is 2.18. The third-order valence-corrected chi connectivity index (χ3v) is 6.53. The van der Waals surface area contributed by atoms with Gasteiger partial charge in [-0.2, -0.15) is 0 Å². The molecular formula is C25H43N5O2. The summed E-state index contributed by atoms with van der Waals surface area (Å²) in [7, 11) is 1.71. The van der Waals surface area contributed by atoms with Crippen molar-refractivity contribution >= 4 is 5.96 Å². The van der Waals surface area contributed by atoms with Gasteiger partial charge in [0.15, 0.2) is 5.96 Å². The summed E-state index contributed by atoms with van der Waals surface area (Å²) in [5.74, 6) is 1.59.